The van der Waals surface area contributed by atoms with Gasteiger partial charge in [0.05, 0.1) is 21.3 Å². The summed E-state index contributed by atoms with van der Waals surface area (Å²) < 4.78 is 7.13. The number of aromatic nitrogens is 1. The minimum atomic E-state index is 0.256. The molecule has 0 bridgehead atoms. The fourth-order valence-electron chi connectivity index (χ4n) is 2.53. The Labute approximate surface area is 125 Å². The van der Waals surface area contributed by atoms with Gasteiger partial charge in [-0.2, -0.15) is 0 Å². The van der Waals surface area contributed by atoms with Gasteiger partial charge in [-0.25, -0.2) is 4.98 Å². The summed E-state index contributed by atoms with van der Waals surface area (Å²) in [7, 11) is 0. The topological polar surface area (TPSA) is 34.2 Å². The van der Waals surface area contributed by atoms with Crippen LogP contribution in [-0.2, 0) is 11.2 Å². The second-order valence-electron chi connectivity index (χ2n) is 4.85. The molecular formula is C16H24N2OS. The summed E-state index contributed by atoms with van der Waals surface area (Å²) in [6.45, 7) is 8.11. The van der Waals surface area contributed by atoms with Crippen molar-refractivity contribution in [1.82, 2.24) is 10.3 Å². The summed E-state index contributed by atoms with van der Waals surface area (Å²) in [5.41, 5.74) is 1.10. The van der Waals surface area contributed by atoms with Crippen molar-refractivity contribution in [3.63, 3.8) is 0 Å². The van der Waals surface area contributed by atoms with E-state index in [2.05, 4.69) is 44.3 Å². The van der Waals surface area contributed by atoms with Crippen LogP contribution < -0.4 is 5.32 Å². The molecule has 2 atom stereocenters. The quantitative estimate of drug-likeness (QED) is 0.806. The van der Waals surface area contributed by atoms with E-state index in [-0.39, 0.29) is 6.10 Å². The van der Waals surface area contributed by atoms with Crippen LogP contribution in [0, 0.1) is 0 Å². The Morgan fingerprint density at radius 1 is 1.25 bits per heavy atom. The monoisotopic (exact) mass is 292 g/mol. The number of likely N-dealkylation sites (N-methyl/N-ethyl adjacent to an activating group) is 1. The van der Waals surface area contributed by atoms with Crippen molar-refractivity contribution in [3.8, 4) is 0 Å². The van der Waals surface area contributed by atoms with Crippen LogP contribution in [0.5, 0.6) is 0 Å². The average Bonchev–Trinajstić information content (AvgIpc) is 2.86. The lowest BCUT2D eigenvalue weighted by Crippen LogP contribution is -2.42. The predicted molar refractivity (Wildman–Crippen MR) is 86.5 cm³/mol. The van der Waals surface area contributed by atoms with Crippen LogP contribution in [0.4, 0.5) is 0 Å². The molecule has 4 heteroatoms. The van der Waals surface area contributed by atoms with Gasteiger partial charge in [0.2, 0.25) is 0 Å². The zero-order chi connectivity index (χ0) is 14.4. The van der Waals surface area contributed by atoms with Crippen molar-refractivity contribution in [2.24, 2.45) is 0 Å². The first-order valence-electron chi connectivity index (χ1n) is 7.47. The summed E-state index contributed by atoms with van der Waals surface area (Å²) in [4.78, 5) is 4.73. The maximum absolute atomic E-state index is 5.87. The fourth-order valence-corrected chi connectivity index (χ4v) is 3.55. The third-order valence-corrected chi connectivity index (χ3v) is 4.49. The summed E-state index contributed by atoms with van der Waals surface area (Å²) in [6.07, 6.45) is 2.22. The third kappa shape index (κ3) is 3.78. The van der Waals surface area contributed by atoms with Gasteiger partial charge in [-0.15, -0.1) is 11.3 Å². The minimum absolute atomic E-state index is 0.256. The van der Waals surface area contributed by atoms with Crippen LogP contribution in [-0.4, -0.2) is 30.3 Å². The summed E-state index contributed by atoms with van der Waals surface area (Å²) in [5, 5.41) is 4.74. The maximum Gasteiger partial charge on any atom is 0.0955 e. The number of fused-ring (bicyclic) bond motifs is 1. The molecule has 0 aliphatic carbocycles. The van der Waals surface area contributed by atoms with Crippen molar-refractivity contribution >= 4 is 21.6 Å². The largest absolute Gasteiger partial charge is 0.377 e. The van der Waals surface area contributed by atoms with E-state index >= 15 is 0 Å². The smallest absolute Gasteiger partial charge is 0.0955 e. The Balaban J connectivity index is 2.13. The molecule has 1 heterocycles. The normalized spacial score (nSPS) is 14.6. The SMILES string of the molecule is CCNC(Cc1nc2ccccc2s1)C(CC)OCC. The lowest BCUT2D eigenvalue weighted by Gasteiger charge is -2.26. The van der Waals surface area contributed by atoms with E-state index < -0.39 is 0 Å². The molecule has 110 valence electrons. The lowest BCUT2D eigenvalue weighted by atomic mass is 10.1. The number of hydrogen-bond donors (Lipinski definition) is 1. The van der Waals surface area contributed by atoms with Crippen molar-refractivity contribution < 1.29 is 4.74 Å². The number of rotatable bonds is 8. The van der Waals surface area contributed by atoms with Crippen LogP contribution in [0.3, 0.4) is 0 Å². The van der Waals surface area contributed by atoms with Gasteiger partial charge in [0.1, 0.15) is 0 Å². The van der Waals surface area contributed by atoms with E-state index in [0.717, 1.165) is 31.5 Å². The number of para-hydroxylation sites is 1. The zero-order valence-corrected chi connectivity index (χ0v) is 13.4. The highest BCUT2D eigenvalue weighted by atomic mass is 32.1. The minimum Gasteiger partial charge on any atom is -0.377 e. The fraction of sp³-hybridized carbons (Fsp3) is 0.562. The van der Waals surface area contributed by atoms with Crippen LogP contribution >= 0.6 is 11.3 Å². The van der Waals surface area contributed by atoms with E-state index in [4.69, 9.17) is 9.72 Å². The summed E-state index contributed by atoms with van der Waals surface area (Å²) >= 11 is 1.79. The predicted octanol–water partition coefficient (Wildman–Crippen LogP) is 3.63. The van der Waals surface area contributed by atoms with Gasteiger partial charge in [0, 0.05) is 19.1 Å². The Bertz CT molecular complexity index is 493. The molecule has 0 fully saturated rings. The Kier molecular flexibility index (Phi) is 5.95. The Morgan fingerprint density at radius 2 is 2.05 bits per heavy atom. The number of thiazole rings is 1. The number of hydrogen-bond acceptors (Lipinski definition) is 4. The third-order valence-electron chi connectivity index (χ3n) is 3.43. The van der Waals surface area contributed by atoms with Crippen molar-refractivity contribution in [1.29, 1.82) is 0 Å². The van der Waals surface area contributed by atoms with E-state index in [9.17, 15) is 0 Å². The van der Waals surface area contributed by atoms with Gasteiger partial charge in [0.15, 0.2) is 0 Å². The molecule has 0 aliphatic heterocycles. The molecule has 0 saturated heterocycles. The van der Waals surface area contributed by atoms with E-state index in [1.807, 2.05) is 6.07 Å². The molecule has 0 amide bonds. The molecule has 0 radical (unpaired) electrons. The van der Waals surface area contributed by atoms with Gasteiger partial charge in [-0.05, 0) is 32.0 Å². The van der Waals surface area contributed by atoms with E-state index in [1.165, 1.54) is 9.71 Å². The van der Waals surface area contributed by atoms with E-state index in [0.29, 0.717) is 6.04 Å². The van der Waals surface area contributed by atoms with Gasteiger partial charge in [0.25, 0.3) is 0 Å². The molecule has 3 nitrogen and oxygen atoms in total. The lowest BCUT2D eigenvalue weighted by molar-refractivity contribution is 0.0323. The molecule has 0 saturated carbocycles. The Hall–Kier alpha value is -0.970. The Morgan fingerprint density at radius 3 is 2.70 bits per heavy atom. The zero-order valence-electron chi connectivity index (χ0n) is 12.6. The molecule has 0 spiro atoms. The van der Waals surface area contributed by atoms with Crippen LogP contribution in [0.25, 0.3) is 10.2 Å². The molecule has 1 N–H and O–H groups in total. The number of ether oxygens (including phenoxy) is 1. The second-order valence-corrected chi connectivity index (χ2v) is 5.96. The van der Waals surface area contributed by atoms with Crippen molar-refractivity contribution in [2.45, 2.75) is 45.8 Å². The number of benzene rings is 1. The highest BCUT2D eigenvalue weighted by molar-refractivity contribution is 7.18. The number of nitrogens with one attached hydrogen (secondary N) is 1. The molecule has 2 rings (SSSR count). The van der Waals surface area contributed by atoms with E-state index in [1.54, 1.807) is 11.3 Å². The molecule has 20 heavy (non-hydrogen) atoms. The van der Waals surface area contributed by atoms with Gasteiger partial charge in [-0.1, -0.05) is 26.0 Å². The highest BCUT2D eigenvalue weighted by Crippen LogP contribution is 2.23. The molecule has 1 aromatic heterocycles. The maximum atomic E-state index is 5.87. The second kappa shape index (κ2) is 7.72. The van der Waals surface area contributed by atoms with Crippen LogP contribution in [0.15, 0.2) is 24.3 Å². The molecule has 2 unspecified atom stereocenters. The molecule has 1 aromatic carbocycles. The average molecular weight is 292 g/mol. The van der Waals surface area contributed by atoms with Crippen LogP contribution in [0.1, 0.15) is 32.2 Å². The van der Waals surface area contributed by atoms with Gasteiger partial charge >= 0.3 is 0 Å². The first-order valence-corrected chi connectivity index (χ1v) is 8.29. The van der Waals surface area contributed by atoms with Gasteiger partial charge < -0.3 is 10.1 Å². The van der Waals surface area contributed by atoms with Crippen LogP contribution in [0.2, 0.25) is 0 Å². The molecular weight excluding hydrogens is 268 g/mol. The standard InChI is InChI=1S/C16H24N2OS/c1-4-14(19-6-3)13(17-5-2)11-16-18-12-9-7-8-10-15(12)20-16/h7-10,13-14,17H,4-6,11H2,1-3H3. The summed E-state index contributed by atoms with van der Waals surface area (Å²) in [5.74, 6) is 0. The number of nitrogens with zero attached hydrogens (tertiary/aromatic N) is 1. The van der Waals surface area contributed by atoms with Crippen molar-refractivity contribution in [2.75, 3.05) is 13.2 Å². The van der Waals surface area contributed by atoms with Crippen molar-refractivity contribution in [3.05, 3.63) is 29.3 Å². The highest BCUT2D eigenvalue weighted by Gasteiger charge is 2.21. The molecule has 2 aromatic rings. The van der Waals surface area contributed by atoms with Gasteiger partial charge in [-0.3, -0.25) is 0 Å². The first-order chi connectivity index (χ1) is 9.78. The first kappa shape index (κ1) is 15.4. The summed E-state index contributed by atoms with van der Waals surface area (Å²) in [6, 6.07) is 8.67. The molecule has 0 aliphatic rings.